The molecule has 3 heteroatoms. The second-order valence-electron chi connectivity index (χ2n) is 5.81. The maximum Gasteiger partial charge on any atom is 0.0485 e. The highest BCUT2D eigenvalue weighted by molar-refractivity contribution is 5.31. The lowest BCUT2D eigenvalue weighted by Gasteiger charge is -2.32. The normalized spacial score (nSPS) is 19.0. The van der Waals surface area contributed by atoms with E-state index in [9.17, 15) is 0 Å². The predicted molar refractivity (Wildman–Crippen MR) is 85.3 cm³/mol. The van der Waals surface area contributed by atoms with Crippen LogP contribution in [0.4, 0.5) is 0 Å². The third kappa shape index (κ3) is 2.98. The van der Waals surface area contributed by atoms with E-state index in [1.807, 2.05) is 12.4 Å². The van der Waals surface area contributed by atoms with Gasteiger partial charge in [-0.25, -0.2) is 0 Å². The number of aromatic nitrogens is 2. The van der Waals surface area contributed by atoms with Crippen molar-refractivity contribution in [2.75, 3.05) is 6.54 Å². The van der Waals surface area contributed by atoms with Gasteiger partial charge in [-0.15, -0.1) is 0 Å². The van der Waals surface area contributed by atoms with Crippen LogP contribution < -0.4 is 5.32 Å². The van der Waals surface area contributed by atoms with Gasteiger partial charge in [-0.3, -0.25) is 9.97 Å². The van der Waals surface area contributed by atoms with Crippen molar-refractivity contribution in [3.05, 3.63) is 59.2 Å². The highest BCUT2D eigenvalue weighted by Gasteiger charge is 2.29. The molecule has 110 valence electrons. The summed E-state index contributed by atoms with van der Waals surface area (Å²) in [6.45, 7) is 5.19. The van der Waals surface area contributed by atoms with Gasteiger partial charge in [0, 0.05) is 35.7 Å². The lowest BCUT2D eigenvalue weighted by atomic mass is 9.79. The maximum absolute atomic E-state index is 4.70. The number of nitrogens with one attached hydrogen (secondary N) is 1. The summed E-state index contributed by atoms with van der Waals surface area (Å²) < 4.78 is 0. The van der Waals surface area contributed by atoms with Crippen LogP contribution in [0.1, 0.15) is 54.2 Å². The molecule has 2 heterocycles. The van der Waals surface area contributed by atoms with Crippen molar-refractivity contribution in [3.8, 4) is 0 Å². The fourth-order valence-electron chi connectivity index (χ4n) is 3.44. The molecule has 1 aliphatic carbocycles. The Bertz CT molecular complexity index is 609. The highest BCUT2D eigenvalue weighted by Crippen LogP contribution is 2.39. The summed E-state index contributed by atoms with van der Waals surface area (Å²) in [4.78, 5) is 9.02. The number of pyridine rings is 2. The first-order chi connectivity index (χ1) is 10.3. The van der Waals surface area contributed by atoms with Crippen LogP contribution in [0.25, 0.3) is 0 Å². The van der Waals surface area contributed by atoms with E-state index in [0.717, 1.165) is 18.7 Å². The molecule has 2 aromatic heterocycles. The summed E-state index contributed by atoms with van der Waals surface area (Å²) in [5.74, 6) is 0.455. The van der Waals surface area contributed by atoms with E-state index in [0.29, 0.717) is 12.0 Å². The minimum absolute atomic E-state index is 0.325. The second-order valence-corrected chi connectivity index (χ2v) is 5.81. The summed E-state index contributed by atoms with van der Waals surface area (Å²) in [6, 6.07) is 8.95. The van der Waals surface area contributed by atoms with Gasteiger partial charge in [-0.05, 0) is 62.1 Å². The Kier molecular flexibility index (Phi) is 4.30. The van der Waals surface area contributed by atoms with Crippen LogP contribution in [0.2, 0.25) is 0 Å². The van der Waals surface area contributed by atoms with Crippen LogP contribution in [0.15, 0.2) is 36.7 Å². The molecule has 0 bridgehead atoms. The first kappa shape index (κ1) is 14.2. The van der Waals surface area contributed by atoms with E-state index in [1.165, 1.54) is 29.7 Å². The number of hydrogen-bond acceptors (Lipinski definition) is 3. The first-order valence-corrected chi connectivity index (χ1v) is 7.89. The molecule has 0 aliphatic heterocycles. The highest BCUT2D eigenvalue weighted by atomic mass is 14.9. The lowest BCUT2D eigenvalue weighted by Crippen LogP contribution is -2.30. The summed E-state index contributed by atoms with van der Waals surface area (Å²) >= 11 is 0. The summed E-state index contributed by atoms with van der Waals surface area (Å²) in [7, 11) is 0. The van der Waals surface area contributed by atoms with Gasteiger partial charge in [0.25, 0.3) is 0 Å². The molecule has 3 rings (SSSR count). The molecule has 0 radical (unpaired) electrons. The van der Waals surface area contributed by atoms with Crippen molar-refractivity contribution in [2.45, 2.75) is 45.1 Å². The zero-order valence-electron chi connectivity index (χ0n) is 12.8. The number of aryl methyl sites for hydroxylation is 2. The van der Waals surface area contributed by atoms with Crippen LogP contribution in [0.3, 0.4) is 0 Å². The quantitative estimate of drug-likeness (QED) is 0.931. The molecule has 0 saturated carbocycles. The van der Waals surface area contributed by atoms with E-state index < -0.39 is 0 Å². The Morgan fingerprint density at radius 1 is 1.29 bits per heavy atom. The molecular formula is C18H23N3. The minimum atomic E-state index is 0.325. The van der Waals surface area contributed by atoms with Gasteiger partial charge >= 0.3 is 0 Å². The van der Waals surface area contributed by atoms with Crippen LogP contribution >= 0.6 is 0 Å². The van der Waals surface area contributed by atoms with Gasteiger partial charge in [0.2, 0.25) is 0 Å². The molecule has 2 unspecified atom stereocenters. The molecule has 0 spiro atoms. The van der Waals surface area contributed by atoms with Gasteiger partial charge in [-0.1, -0.05) is 13.0 Å². The van der Waals surface area contributed by atoms with Gasteiger partial charge in [0.15, 0.2) is 0 Å². The number of nitrogens with zero attached hydrogens (tertiary/aromatic N) is 2. The fraction of sp³-hybridized carbons (Fsp3) is 0.444. The summed E-state index contributed by atoms with van der Waals surface area (Å²) in [5.41, 5.74) is 5.10. The van der Waals surface area contributed by atoms with Crippen molar-refractivity contribution in [3.63, 3.8) is 0 Å². The molecule has 0 amide bonds. The minimum Gasteiger partial charge on any atom is -0.310 e. The number of rotatable bonds is 4. The van der Waals surface area contributed by atoms with E-state index in [1.54, 1.807) is 0 Å². The fourth-order valence-corrected chi connectivity index (χ4v) is 3.44. The van der Waals surface area contributed by atoms with Crippen molar-refractivity contribution in [2.24, 2.45) is 0 Å². The zero-order chi connectivity index (χ0) is 14.7. The van der Waals surface area contributed by atoms with Crippen LogP contribution in [-0.4, -0.2) is 16.5 Å². The van der Waals surface area contributed by atoms with Crippen molar-refractivity contribution >= 4 is 0 Å². The topological polar surface area (TPSA) is 37.8 Å². The Morgan fingerprint density at radius 2 is 2.19 bits per heavy atom. The molecule has 1 N–H and O–H groups in total. The number of fused-ring (bicyclic) bond motifs is 1. The molecule has 2 atom stereocenters. The molecule has 3 nitrogen and oxygen atoms in total. The van der Waals surface area contributed by atoms with Crippen molar-refractivity contribution in [1.29, 1.82) is 0 Å². The Hall–Kier alpha value is -1.74. The summed E-state index contributed by atoms with van der Waals surface area (Å²) in [6.07, 6.45) is 7.45. The molecule has 2 aromatic rings. The van der Waals surface area contributed by atoms with Crippen LogP contribution in [-0.2, 0) is 6.42 Å². The lowest BCUT2D eigenvalue weighted by molar-refractivity contribution is 0.400. The smallest absolute Gasteiger partial charge is 0.0485 e. The third-order valence-corrected chi connectivity index (χ3v) is 4.34. The summed E-state index contributed by atoms with van der Waals surface area (Å²) in [5, 5.41) is 3.67. The average molecular weight is 281 g/mol. The average Bonchev–Trinajstić information content (AvgIpc) is 2.52. The Labute approximate surface area is 126 Å². The molecular weight excluding hydrogens is 258 g/mol. The van der Waals surface area contributed by atoms with Crippen molar-refractivity contribution < 1.29 is 0 Å². The monoisotopic (exact) mass is 281 g/mol. The molecule has 0 saturated heterocycles. The Morgan fingerprint density at radius 3 is 3.00 bits per heavy atom. The molecule has 21 heavy (non-hydrogen) atoms. The van der Waals surface area contributed by atoms with E-state index in [2.05, 4.69) is 48.4 Å². The third-order valence-electron chi connectivity index (χ3n) is 4.34. The SMILES string of the molecule is CCNC(c1ccnc(C)c1)C1CCCc2cccnc21. The van der Waals surface area contributed by atoms with E-state index >= 15 is 0 Å². The van der Waals surface area contributed by atoms with Gasteiger partial charge < -0.3 is 5.32 Å². The Balaban J connectivity index is 1.99. The van der Waals surface area contributed by atoms with Crippen LogP contribution in [0.5, 0.6) is 0 Å². The van der Waals surface area contributed by atoms with Crippen molar-refractivity contribution in [1.82, 2.24) is 15.3 Å². The first-order valence-electron chi connectivity index (χ1n) is 7.89. The number of hydrogen-bond donors (Lipinski definition) is 1. The predicted octanol–water partition coefficient (Wildman–Crippen LogP) is 3.56. The molecule has 0 fully saturated rings. The van der Waals surface area contributed by atoms with Gasteiger partial charge in [-0.2, -0.15) is 0 Å². The van der Waals surface area contributed by atoms with E-state index in [4.69, 9.17) is 4.98 Å². The van der Waals surface area contributed by atoms with Crippen LogP contribution in [0, 0.1) is 6.92 Å². The second kappa shape index (κ2) is 6.35. The van der Waals surface area contributed by atoms with Gasteiger partial charge in [0.05, 0.1) is 0 Å². The largest absolute Gasteiger partial charge is 0.310 e. The maximum atomic E-state index is 4.70. The van der Waals surface area contributed by atoms with Gasteiger partial charge in [0.1, 0.15) is 0 Å². The standard InChI is InChI=1S/C18H23N3/c1-3-19-18(15-9-11-20-13(2)12-15)16-8-4-6-14-7-5-10-21-17(14)16/h5,7,9-12,16,18-19H,3-4,6,8H2,1-2H3. The van der Waals surface area contributed by atoms with E-state index in [-0.39, 0.29) is 0 Å². The zero-order valence-corrected chi connectivity index (χ0v) is 12.8. The molecule has 1 aliphatic rings. The number of likely N-dealkylation sites (N-methyl/N-ethyl adjacent to an activating group) is 1. The molecule has 0 aromatic carbocycles.